The molecule has 0 radical (unpaired) electrons. The quantitative estimate of drug-likeness (QED) is 0.564. The summed E-state index contributed by atoms with van der Waals surface area (Å²) in [4.78, 5) is 31.8. The molecular formula is C29H37N3O3S. The van der Waals surface area contributed by atoms with Crippen molar-refractivity contribution in [2.75, 3.05) is 45.2 Å². The maximum atomic E-state index is 13.1. The molecule has 6 nitrogen and oxygen atoms in total. The van der Waals surface area contributed by atoms with Gasteiger partial charge in [0, 0.05) is 42.7 Å². The van der Waals surface area contributed by atoms with Gasteiger partial charge in [-0.3, -0.25) is 14.6 Å². The minimum atomic E-state index is -0.419. The third kappa shape index (κ3) is 4.50. The molecule has 4 bridgehead atoms. The first-order chi connectivity index (χ1) is 17.5. The molecule has 1 saturated heterocycles. The number of piperazine rings is 1. The molecule has 7 rings (SSSR count). The molecule has 1 aromatic heterocycles. The first kappa shape index (κ1) is 24.1. The molecule has 5 aliphatic rings. The lowest BCUT2D eigenvalue weighted by Gasteiger charge is -2.58. The summed E-state index contributed by atoms with van der Waals surface area (Å²) in [5.41, 5.74) is 2.24. The Balaban J connectivity index is 1.09. The molecule has 0 unspecified atom stereocenters. The molecule has 192 valence electrons. The van der Waals surface area contributed by atoms with Gasteiger partial charge in [-0.05, 0) is 68.3 Å². The minimum Gasteiger partial charge on any atom is -0.465 e. The number of amides is 1. The van der Waals surface area contributed by atoms with E-state index in [9.17, 15) is 9.59 Å². The Morgan fingerprint density at radius 3 is 2.22 bits per heavy atom. The number of anilines is 1. The molecule has 0 spiro atoms. The summed E-state index contributed by atoms with van der Waals surface area (Å²) in [5, 5.41) is 3.62. The van der Waals surface area contributed by atoms with E-state index in [1.165, 1.54) is 50.6 Å². The molecule has 2 aromatic rings. The van der Waals surface area contributed by atoms with E-state index >= 15 is 0 Å². The fourth-order valence-electron chi connectivity index (χ4n) is 7.96. The second-order valence-corrected chi connectivity index (χ2v) is 12.6. The summed E-state index contributed by atoms with van der Waals surface area (Å²) < 4.78 is 5.09. The number of rotatable bonds is 6. The monoisotopic (exact) mass is 507 g/mol. The van der Waals surface area contributed by atoms with Gasteiger partial charge in [0.1, 0.15) is 10.6 Å². The molecule has 7 heteroatoms. The zero-order chi connectivity index (χ0) is 24.8. The van der Waals surface area contributed by atoms with Gasteiger partial charge < -0.3 is 10.1 Å². The number of thiophene rings is 1. The zero-order valence-electron chi connectivity index (χ0n) is 21.4. The van der Waals surface area contributed by atoms with Gasteiger partial charge in [-0.2, -0.15) is 0 Å². The highest BCUT2D eigenvalue weighted by Gasteiger charge is 2.50. The van der Waals surface area contributed by atoms with Crippen molar-refractivity contribution >= 4 is 28.2 Å². The Hall–Kier alpha value is -2.22. The van der Waals surface area contributed by atoms with E-state index in [2.05, 4.69) is 15.1 Å². The number of methoxy groups -OCH3 is 1. The Bertz CT molecular complexity index is 1090. The lowest BCUT2D eigenvalue weighted by molar-refractivity contribution is -0.118. The van der Waals surface area contributed by atoms with Crippen molar-refractivity contribution in [1.82, 2.24) is 9.80 Å². The van der Waals surface area contributed by atoms with Crippen molar-refractivity contribution in [3.05, 3.63) is 40.8 Å². The fourth-order valence-corrected chi connectivity index (χ4v) is 9.04. The van der Waals surface area contributed by atoms with Crippen LogP contribution < -0.4 is 5.32 Å². The number of esters is 1. The van der Waals surface area contributed by atoms with Crippen LogP contribution >= 0.6 is 11.3 Å². The summed E-state index contributed by atoms with van der Waals surface area (Å²) >= 11 is 1.44. The Kier molecular flexibility index (Phi) is 6.65. The van der Waals surface area contributed by atoms with Crippen LogP contribution in [-0.2, 0) is 9.53 Å². The lowest BCUT2D eigenvalue weighted by Crippen LogP contribution is -2.60. The molecule has 0 atom stereocenters. The molecule has 4 saturated carbocycles. The van der Waals surface area contributed by atoms with Gasteiger partial charge in [-0.1, -0.05) is 30.3 Å². The SMILES string of the molecule is COC(=O)c1c(NC(=O)CN2CCN(C3C4CC5CC(C4)CC3C5)CC2)sc(C)c1-c1ccccc1. The first-order valence-electron chi connectivity index (χ1n) is 13.5. The molecule has 1 amide bonds. The van der Waals surface area contributed by atoms with Gasteiger partial charge in [0.05, 0.1) is 13.7 Å². The predicted molar refractivity (Wildman–Crippen MR) is 143 cm³/mol. The van der Waals surface area contributed by atoms with Crippen molar-refractivity contribution in [3.8, 4) is 11.1 Å². The minimum absolute atomic E-state index is 0.0657. The second-order valence-electron chi connectivity index (χ2n) is 11.4. The van der Waals surface area contributed by atoms with Gasteiger partial charge in [0.2, 0.25) is 5.91 Å². The Labute approximate surface area is 218 Å². The summed E-state index contributed by atoms with van der Waals surface area (Å²) in [6.45, 7) is 6.32. The van der Waals surface area contributed by atoms with Crippen LogP contribution in [0.4, 0.5) is 5.00 Å². The van der Waals surface area contributed by atoms with Crippen LogP contribution in [0.5, 0.6) is 0 Å². The van der Waals surface area contributed by atoms with E-state index in [1.54, 1.807) is 0 Å². The van der Waals surface area contributed by atoms with Crippen LogP contribution in [0.25, 0.3) is 11.1 Å². The van der Waals surface area contributed by atoms with E-state index in [4.69, 9.17) is 4.74 Å². The van der Waals surface area contributed by atoms with Crippen LogP contribution in [0.1, 0.15) is 47.3 Å². The first-order valence-corrected chi connectivity index (χ1v) is 14.3. The number of hydrogen-bond acceptors (Lipinski definition) is 6. The summed E-state index contributed by atoms with van der Waals surface area (Å²) in [6, 6.07) is 10.6. The maximum absolute atomic E-state index is 13.1. The van der Waals surface area contributed by atoms with Gasteiger partial charge in [-0.15, -0.1) is 11.3 Å². The number of nitrogens with one attached hydrogen (secondary N) is 1. The van der Waals surface area contributed by atoms with Gasteiger partial charge >= 0.3 is 5.97 Å². The van der Waals surface area contributed by atoms with Gasteiger partial charge in [0.25, 0.3) is 0 Å². The Morgan fingerprint density at radius 1 is 0.972 bits per heavy atom. The van der Waals surface area contributed by atoms with Gasteiger partial charge in [0.15, 0.2) is 0 Å². The van der Waals surface area contributed by atoms with Gasteiger partial charge in [-0.25, -0.2) is 4.79 Å². The standard InChI is InChI=1S/C29H37N3O3S/c1-18-25(21-6-4-3-5-7-21)26(29(34)35-2)28(36-18)30-24(33)17-31-8-10-32(11-9-31)27-22-13-19-12-20(15-22)16-23(27)14-19/h3-7,19-20,22-23,27H,8-17H2,1-2H3,(H,30,33). The zero-order valence-corrected chi connectivity index (χ0v) is 22.2. The average molecular weight is 508 g/mol. The number of aryl methyl sites for hydroxylation is 1. The van der Waals surface area contributed by atoms with E-state index in [0.29, 0.717) is 17.1 Å². The van der Waals surface area contributed by atoms with Crippen LogP contribution in [0.3, 0.4) is 0 Å². The van der Waals surface area contributed by atoms with Crippen LogP contribution in [-0.4, -0.2) is 67.6 Å². The molecule has 4 aliphatic carbocycles. The number of benzene rings is 1. The summed E-state index contributed by atoms with van der Waals surface area (Å²) in [6.07, 6.45) is 7.31. The largest absolute Gasteiger partial charge is 0.465 e. The molecular weight excluding hydrogens is 470 g/mol. The third-order valence-corrected chi connectivity index (χ3v) is 10.2. The molecule has 2 heterocycles. The molecule has 1 N–H and O–H groups in total. The van der Waals surface area contributed by atoms with E-state index in [-0.39, 0.29) is 5.91 Å². The summed E-state index contributed by atoms with van der Waals surface area (Å²) in [7, 11) is 1.39. The Morgan fingerprint density at radius 2 is 1.61 bits per heavy atom. The van der Waals surface area contributed by atoms with Crippen molar-refractivity contribution < 1.29 is 14.3 Å². The third-order valence-electron chi connectivity index (χ3n) is 9.16. The van der Waals surface area contributed by atoms with Crippen molar-refractivity contribution in [1.29, 1.82) is 0 Å². The smallest absolute Gasteiger partial charge is 0.341 e. The highest BCUT2D eigenvalue weighted by molar-refractivity contribution is 7.17. The second kappa shape index (κ2) is 9.92. The van der Waals surface area contributed by atoms with Crippen molar-refractivity contribution in [2.45, 2.75) is 45.1 Å². The lowest BCUT2D eigenvalue weighted by atomic mass is 9.54. The number of carbonyl (C=O) groups excluding carboxylic acids is 2. The van der Waals surface area contributed by atoms with Crippen LogP contribution in [0.15, 0.2) is 30.3 Å². The molecule has 36 heavy (non-hydrogen) atoms. The summed E-state index contributed by atoms with van der Waals surface area (Å²) in [5.74, 6) is 3.35. The predicted octanol–water partition coefficient (Wildman–Crippen LogP) is 4.89. The number of ether oxygens (including phenoxy) is 1. The highest BCUT2D eigenvalue weighted by atomic mass is 32.1. The van der Waals surface area contributed by atoms with Crippen LogP contribution in [0.2, 0.25) is 0 Å². The number of carbonyl (C=O) groups is 2. The normalized spacial score (nSPS) is 29.9. The topological polar surface area (TPSA) is 61.9 Å². The van der Waals surface area contributed by atoms with Crippen molar-refractivity contribution in [3.63, 3.8) is 0 Å². The highest BCUT2D eigenvalue weighted by Crippen LogP contribution is 2.55. The molecule has 5 fully saturated rings. The maximum Gasteiger partial charge on any atom is 0.341 e. The van der Waals surface area contributed by atoms with E-state index in [0.717, 1.165) is 71.9 Å². The number of nitrogens with zero attached hydrogens (tertiary/aromatic N) is 2. The number of hydrogen-bond donors (Lipinski definition) is 1. The van der Waals surface area contributed by atoms with E-state index < -0.39 is 5.97 Å². The van der Waals surface area contributed by atoms with Crippen molar-refractivity contribution in [2.24, 2.45) is 23.7 Å². The average Bonchev–Trinajstić information content (AvgIpc) is 3.19. The molecule has 1 aromatic carbocycles. The fraction of sp³-hybridized carbons (Fsp3) is 0.586. The van der Waals surface area contributed by atoms with E-state index in [1.807, 2.05) is 37.3 Å². The van der Waals surface area contributed by atoms with Crippen LogP contribution in [0, 0.1) is 30.6 Å². The molecule has 1 aliphatic heterocycles.